The lowest BCUT2D eigenvalue weighted by molar-refractivity contribution is -0.146. The summed E-state index contributed by atoms with van der Waals surface area (Å²) in [4.78, 5) is 34.6. The fraction of sp³-hybridized carbons (Fsp3) is 0.188. The molecule has 26 heavy (non-hydrogen) atoms. The van der Waals surface area contributed by atoms with Crippen molar-refractivity contribution in [2.45, 2.75) is 12.6 Å². The zero-order chi connectivity index (χ0) is 19.3. The molecule has 6 nitrogen and oxygen atoms in total. The van der Waals surface area contributed by atoms with Gasteiger partial charge in [-0.2, -0.15) is 13.2 Å². The van der Waals surface area contributed by atoms with Crippen LogP contribution in [0.15, 0.2) is 35.7 Å². The minimum Gasteiger partial charge on any atom is -0.455 e. The smallest absolute Gasteiger partial charge is 0.416 e. The van der Waals surface area contributed by atoms with Crippen molar-refractivity contribution in [3.8, 4) is 0 Å². The maximum Gasteiger partial charge on any atom is 0.416 e. The zero-order valence-electron chi connectivity index (χ0n) is 13.1. The summed E-state index contributed by atoms with van der Waals surface area (Å²) in [5, 5.41) is 4.14. The van der Waals surface area contributed by atoms with E-state index >= 15 is 0 Å². The van der Waals surface area contributed by atoms with Gasteiger partial charge in [0.1, 0.15) is 5.00 Å². The van der Waals surface area contributed by atoms with Crippen molar-refractivity contribution in [3.05, 3.63) is 52.4 Å². The van der Waals surface area contributed by atoms with Crippen LogP contribution in [0.25, 0.3) is 0 Å². The van der Waals surface area contributed by atoms with E-state index in [1.54, 1.807) is 5.38 Å². The molecule has 2 aromatic rings. The van der Waals surface area contributed by atoms with E-state index in [1.165, 1.54) is 18.2 Å². The monoisotopic (exact) mass is 386 g/mol. The fourth-order valence-corrected chi connectivity index (χ4v) is 2.79. The molecule has 138 valence electrons. The average molecular weight is 386 g/mol. The summed E-state index contributed by atoms with van der Waals surface area (Å²) >= 11 is 1.07. The van der Waals surface area contributed by atoms with Crippen LogP contribution in [0.5, 0.6) is 0 Å². The van der Waals surface area contributed by atoms with Crippen molar-refractivity contribution in [2.24, 2.45) is 5.73 Å². The first-order valence-corrected chi connectivity index (χ1v) is 8.03. The molecule has 0 unspecified atom stereocenters. The molecule has 0 atom stereocenters. The van der Waals surface area contributed by atoms with Crippen molar-refractivity contribution >= 4 is 34.1 Å². The minimum atomic E-state index is -4.52. The Morgan fingerprint density at radius 1 is 1.19 bits per heavy atom. The predicted molar refractivity (Wildman–Crippen MR) is 87.6 cm³/mol. The molecule has 0 fully saturated rings. The Kier molecular flexibility index (Phi) is 5.98. The Morgan fingerprint density at radius 2 is 1.92 bits per heavy atom. The van der Waals surface area contributed by atoms with Gasteiger partial charge >= 0.3 is 12.1 Å². The first kappa shape index (κ1) is 19.4. The van der Waals surface area contributed by atoms with Gasteiger partial charge in [0.05, 0.1) is 17.5 Å². The highest BCUT2D eigenvalue weighted by atomic mass is 32.1. The number of alkyl halides is 3. The van der Waals surface area contributed by atoms with Gasteiger partial charge in [0.15, 0.2) is 6.61 Å². The molecule has 0 spiro atoms. The quantitative estimate of drug-likeness (QED) is 0.746. The Balaban J connectivity index is 1.88. The minimum absolute atomic E-state index is 0.111. The topological polar surface area (TPSA) is 98.5 Å². The van der Waals surface area contributed by atoms with E-state index in [1.807, 2.05) is 0 Å². The van der Waals surface area contributed by atoms with Crippen molar-refractivity contribution < 1.29 is 32.3 Å². The number of carbonyl (C=O) groups excluding carboxylic acids is 3. The van der Waals surface area contributed by atoms with Gasteiger partial charge in [-0.1, -0.05) is 18.2 Å². The number of ether oxygens (including phenoxy) is 1. The van der Waals surface area contributed by atoms with E-state index in [2.05, 4.69) is 5.32 Å². The molecule has 2 rings (SSSR count). The molecule has 10 heteroatoms. The average Bonchev–Trinajstić information content (AvgIpc) is 3.01. The number of nitrogens with two attached hydrogens (primary N) is 1. The van der Waals surface area contributed by atoms with Crippen molar-refractivity contribution in [1.29, 1.82) is 0 Å². The van der Waals surface area contributed by atoms with Crippen LogP contribution in [0.2, 0.25) is 0 Å². The summed E-state index contributed by atoms with van der Waals surface area (Å²) in [5.41, 5.74) is 4.49. The van der Waals surface area contributed by atoms with E-state index in [9.17, 15) is 27.6 Å². The Morgan fingerprint density at radius 3 is 2.58 bits per heavy atom. The molecule has 1 aromatic carbocycles. The molecule has 2 amide bonds. The number of halogens is 3. The molecule has 0 bridgehead atoms. The third-order valence-corrected chi connectivity index (χ3v) is 3.98. The third-order valence-electron chi connectivity index (χ3n) is 3.15. The number of amides is 2. The van der Waals surface area contributed by atoms with Crippen LogP contribution in [0, 0.1) is 0 Å². The highest BCUT2D eigenvalue weighted by Crippen LogP contribution is 2.29. The van der Waals surface area contributed by atoms with E-state index in [-0.39, 0.29) is 16.1 Å². The Hall–Kier alpha value is -2.88. The van der Waals surface area contributed by atoms with Crippen molar-refractivity contribution in [2.75, 3.05) is 11.9 Å². The maximum absolute atomic E-state index is 12.6. The van der Waals surface area contributed by atoms with Crippen LogP contribution in [0.3, 0.4) is 0 Å². The second kappa shape index (κ2) is 8.00. The second-order valence-electron chi connectivity index (χ2n) is 5.11. The van der Waals surface area contributed by atoms with E-state index in [0.29, 0.717) is 0 Å². The molecular formula is C16H13F3N2O4S. The number of primary amides is 1. The summed E-state index contributed by atoms with van der Waals surface area (Å²) in [7, 11) is 0. The SMILES string of the molecule is NC(=O)c1ccsc1NC(=O)COC(=O)Cc1cccc(C(F)(F)F)c1. The number of thiophene rings is 1. The van der Waals surface area contributed by atoms with Gasteiger partial charge in [-0.25, -0.2) is 0 Å². The fourth-order valence-electron chi connectivity index (χ4n) is 1.98. The summed E-state index contributed by atoms with van der Waals surface area (Å²) in [6.45, 7) is -0.645. The first-order chi connectivity index (χ1) is 12.2. The number of hydrogen-bond donors (Lipinski definition) is 2. The molecule has 0 aliphatic rings. The largest absolute Gasteiger partial charge is 0.455 e. The number of benzene rings is 1. The molecule has 0 saturated heterocycles. The second-order valence-corrected chi connectivity index (χ2v) is 6.03. The zero-order valence-corrected chi connectivity index (χ0v) is 13.9. The summed E-state index contributed by atoms with van der Waals surface area (Å²) in [6.07, 6.45) is -4.93. The normalized spacial score (nSPS) is 11.0. The van der Waals surface area contributed by atoms with Crippen molar-refractivity contribution in [3.63, 3.8) is 0 Å². The molecule has 0 saturated carbocycles. The lowest BCUT2D eigenvalue weighted by Crippen LogP contribution is -2.22. The van der Waals surface area contributed by atoms with Gasteiger partial charge in [0, 0.05) is 0 Å². The Bertz CT molecular complexity index is 833. The van der Waals surface area contributed by atoms with Crippen molar-refractivity contribution in [1.82, 2.24) is 0 Å². The number of carbonyl (C=O) groups is 3. The van der Waals surface area contributed by atoms with Gasteiger partial charge in [0.2, 0.25) is 0 Å². The Labute approximate surface area is 149 Å². The van der Waals surface area contributed by atoms with Gasteiger partial charge in [-0.3, -0.25) is 14.4 Å². The van der Waals surface area contributed by atoms with Gasteiger partial charge in [-0.15, -0.1) is 11.3 Å². The van der Waals surface area contributed by atoms with Crippen LogP contribution >= 0.6 is 11.3 Å². The lowest BCUT2D eigenvalue weighted by atomic mass is 10.1. The number of rotatable bonds is 6. The predicted octanol–water partition coefficient (Wildman–Crippen LogP) is 2.59. The van der Waals surface area contributed by atoms with Crippen LogP contribution < -0.4 is 11.1 Å². The number of anilines is 1. The summed E-state index contributed by atoms with van der Waals surface area (Å²) < 4.78 is 42.6. The highest BCUT2D eigenvalue weighted by Gasteiger charge is 2.30. The molecule has 1 aromatic heterocycles. The summed E-state index contributed by atoms with van der Waals surface area (Å²) in [6, 6.07) is 5.69. The van der Waals surface area contributed by atoms with E-state index in [4.69, 9.17) is 10.5 Å². The lowest BCUT2D eigenvalue weighted by Gasteiger charge is -2.09. The third kappa shape index (κ3) is 5.31. The number of nitrogens with one attached hydrogen (secondary N) is 1. The van der Waals surface area contributed by atoms with Gasteiger partial charge in [-0.05, 0) is 23.1 Å². The molecule has 0 radical (unpaired) electrons. The highest BCUT2D eigenvalue weighted by molar-refractivity contribution is 7.14. The van der Waals surface area contributed by atoms with Crippen LogP contribution in [-0.4, -0.2) is 24.4 Å². The molecule has 3 N–H and O–H groups in total. The van der Waals surface area contributed by atoms with Gasteiger partial charge in [0.25, 0.3) is 11.8 Å². The summed E-state index contributed by atoms with van der Waals surface area (Å²) in [5.74, 6) is -2.28. The van der Waals surface area contributed by atoms with E-state index in [0.717, 1.165) is 23.5 Å². The standard InChI is InChI=1S/C16H13F3N2O4S/c17-16(18,19)10-3-1-2-9(6-10)7-13(23)25-8-12(22)21-15-11(14(20)24)4-5-26-15/h1-6H,7-8H2,(H2,20,24)(H,21,22). The van der Waals surface area contributed by atoms with Crippen LogP contribution in [0.1, 0.15) is 21.5 Å². The maximum atomic E-state index is 12.6. The number of hydrogen-bond acceptors (Lipinski definition) is 5. The molecule has 0 aliphatic carbocycles. The first-order valence-electron chi connectivity index (χ1n) is 7.15. The number of esters is 1. The molecule has 0 aliphatic heterocycles. The molecular weight excluding hydrogens is 373 g/mol. The van der Waals surface area contributed by atoms with E-state index < -0.39 is 42.6 Å². The van der Waals surface area contributed by atoms with Crippen LogP contribution in [-0.2, 0) is 26.9 Å². The van der Waals surface area contributed by atoms with Gasteiger partial charge < -0.3 is 15.8 Å². The van der Waals surface area contributed by atoms with Crippen LogP contribution in [0.4, 0.5) is 18.2 Å². The molecule has 1 heterocycles.